The quantitative estimate of drug-likeness (QED) is 0.904. The summed E-state index contributed by atoms with van der Waals surface area (Å²) in [5, 5.41) is 2.96. The summed E-state index contributed by atoms with van der Waals surface area (Å²) in [7, 11) is 1.68. The summed E-state index contributed by atoms with van der Waals surface area (Å²) in [4.78, 5) is 0. The summed E-state index contributed by atoms with van der Waals surface area (Å²) in [6.45, 7) is 0.639. The molecule has 0 bridgehead atoms. The highest BCUT2D eigenvalue weighted by atomic mass is 19.4. The van der Waals surface area contributed by atoms with Gasteiger partial charge in [-0.2, -0.15) is 13.2 Å². The first kappa shape index (κ1) is 14.2. The Bertz CT molecular complexity index is 431. The standard InChI is InChI=1S/C14H18F3NO/c1-18-12(7-8-14(15,16)17)11-6-2-4-10-5-3-9-19-13(10)11/h2,4,6,12,18H,3,5,7-9H2,1H3. The van der Waals surface area contributed by atoms with Gasteiger partial charge in [0.15, 0.2) is 0 Å². The number of alkyl halides is 3. The Kier molecular flexibility index (Phi) is 4.34. The molecule has 1 aliphatic rings. The van der Waals surface area contributed by atoms with Gasteiger partial charge < -0.3 is 10.1 Å². The zero-order chi connectivity index (χ0) is 13.9. The highest BCUT2D eigenvalue weighted by Gasteiger charge is 2.29. The number of para-hydroxylation sites is 1. The Hall–Kier alpha value is -1.23. The van der Waals surface area contributed by atoms with Crippen LogP contribution in [0.2, 0.25) is 0 Å². The molecule has 0 amide bonds. The monoisotopic (exact) mass is 273 g/mol. The molecule has 1 aromatic carbocycles. The molecule has 0 aliphatic carbocycles. The van der Waals surface area contributed by atoms with Crippen molar-refractivity contribution in [2.75, 3.05) is 13.7 Å². The maximum absolute atomic E-state index is 12.3. The van der Waals surface area contributed by atoms with E-state index in [1.165, 1.54) is 0 Å². The number of hydrogen-bond acceptors (Lipinski definition) is 2. The molecule has 1 aromatic rings. The second-order valence-corrected chi connectivity index (χ2v) is 4.78. The topological polar surface area (TPSA) is 21.3 Å². The maximum atomic E-state index is 12.3. The van der Waals surface area contributed by atoms with E-state index in [0.29, 0.717) is 6.61 Å². The van der Waals surface area contributed by atoms with Gasteiger partial charge in [0.05, 0.1) is 6.61 Å². The van der Waals surface area contributed by atoms with E-state index in [9.17, 15) is 13.2 Å². The van der Waals surface area contributed by atoms with Crippen molar-refractivity contribution in [3.63, 3.8) is 0 Å². The Balaban J connectivity index is 2.18. The molecule has 1 N–H and O–H groups in total. The van der Waals surface area contributed by atoms with Crippen molar-refractivity contribution in [2.24, 2.45) is 0 Å². The third-order valence-electron chi connectivity index (χ3n) is 3.40. The van der Waals surface area contributed by atoms with Crippen LogP contribution in [-0.2, 0) is 6.42 Å². The van der Waals surface area contributed by atoms with E-state index in [4.69, 9.17) is 4.74 Å². The maximum Gasteiger partial charge on any atom is 0.389 e. The summed E-state index contributed by atoms with van der Waals surface area (Å²) >= 11 is 0. The van der Waals surface area contributed by atoms with E-state index >= 15 is 0 Å². The lowest BCUT2D eigenvalue weighted by Gasteiger charge is -2.25. The second kappa shape index (κ2) is 5.82. The SMILES string of the molecule is CNC(CCC(F)(F)F)c1cccc2c1OCCC2. The highest BCUT2D eigenvalue weighted by molar-refractivity contribution is 5.44. The van der Waals surface area contributed by atoms with Crippen molar-refractivity contribution in [1.29, 1.82) is 0 Å². The molecule has 106 valence electrons. The lowest BCUT2D eigenvalue weighted by molar-refractivity contribution is -0.136. The highest BCUT2D eigenvalue weighted by Crippen LogP contribution is 2.36. The fourth-order valence-electron chi connectivity index (χ4n) is 2.45. The Morgan fingerprint density at radius 2 is 2.16 bits per heavy atom. The molecule has 2 rings (SSSR count). The molecule has 0 spiro atoms. The van der Waals surface area contributed by atoms with E-state index in [0.717, 1.165) is 29.7 Å². The third kappa shape index (κ3) is 3.62. The van der Waals surface area contributed by atoms with Crippen LogP contribution < -0.4 is 10.1 Å². The van der Waals surface area contributed by atoms with Crippen LogP contribution in [0.5, 0.6) is 5.75 Å². The molecular weight excluding hydrogens is 255 g/mol. The first-order chi connectivity index (χ1) is 9.01. The van der Waals surface area contributed by atoms with Crippen LogP contribution >= 0.6 is 0 Å². The van der Waals surface area contributed by atoms with Crippen LogP contribution in [0.15, 0.2) is 18.2 Å². The molecule has 1 unspecified atom stereocenters. The average molecular weight is 273 g/mol. The average Bonchev–Trinajstić information content (AvgIpc) is 2.38. The van der Waals surface area contributed by atoms with Crippen molar-refractivity contribution in [3.8, 4) is 5.75 Å². The van der Waals surface area contributed by atoms with E-state index in [2.05, 4.69) is 5.32 Å². The second-order valence-electron chi connectivity index (χ2n) is 4.78. The summed E-state index contributed by atoms with van der Waals surface area (Å²) in [6.07, 6.45) is -2.99. The van der Waals surface area contributed by atoms with E-state index in [-0.39, 0.29) is 12.5 Å². The Labute approximate surface area is 111 Å². The fraction of sp³-hybridized carbons (Fsp3) is 0.571. The largest absolute Gasteiger partial charge is 0.493 e. The summed E-state index contributed by atoms with van der Waals surface area (Å²) in [5.74, 6) is 0.773. The van der Waals surface area contributed by atoms with Crippen molar-refractivity contribution in [3.05, 3.63) is 29.3 Å². The van der Waals surface area contributed by atoms with Crippen molar-refractivity contribution in [1.82, 2.24) is 5.32 Å². The minimum absolute atomic E-state index is 0.0276. The molecule has 1 atom stereocenters. The van der Waals surface area contributed by atoms with Gasteiger partial charge in [-0.3, -0.25) is 0 Å². The summed E-state index contributed by atoms with van der Waals surface area (Å²) in [6, 6.07) is 5.39. The summed E-state index contributed by atoms with van der Waals surface area (Å²) < 4.78 is 42.7. The minimum Gasteiger partial charge on any atom is -0.493 e. The molecule has 5 heteroatoms. The molecule has 19 heavy (non-hydrogen) atoms. The van der Waals surface area contributed by atoms with E-state index in [1.807, 2.05) is 18.2 Å². The molecule has 0 radical (unpaired) electrons. The minimum atomic E-state index is -4.12. The first-order valence-electron chi connectivity index (χ1n) is 6.50. The third-order valence-corrected chi connectivity index (χ3v) is 3.40. The van der Waals surface area contributed by atoms with Gasteiger partial charge in [-0.05, 0) is 31.9 Å². The van der Waals surface area contributed by atoms with Gasteiger partial charge in [-0.1, -0.05) is 18.2 Å². The smallest absolute Gasteiger partial charge is 0.389 e. The number of ether oxygens (including phenoxy) is 1. The number of aryl methyl sites for hydroxylation is 1. The lowest BCUT2D eigenvalue weighted by atomic mass is 9.95. The Morgan fingerprint density at radius 1 is 1.37 bits per heavy atom. The number of halogens is 3. The molecular formula is C14H18F3NO. The van der Waals surface area contributed by atoms with Crippen molar-refractivity contribution in [2.45, 2.75) is 37.9 Å². The lowest BCUT2D eigenvalue weighted by Crippen LogP contribution is -2.22. The zero-order valence-electron chi connectivity index (χ0n) is 10.9. The van der Waals surface area contributed by atoms with Gasteiger partial charge in [-0.25, -0.2) is 0 Å². The molecule has 1 aliphatic heterocycles. The molecule has 0 aromatic heterocycles. The molecule has 1 heterocycles. The number of hydrogen-bond donors (Lipinski definition) is 1. The number of fused-ring (bicyclic) bond motifs is 1. The van der Waals surface area contributed by atoms with Crippen LogP contribution in [0.25, 0.3) is 0 Å². The van der Waals surface area contributed by atoms with Gasteiger partial charge in [0.25, 0.3) is 0 Å². The molecule has 0 saturated heterocycles. The van der Waals surface area contributed by atoms with Crippen LogP contribution in [-0.4, -0.2) is 19.8 Å². The van der Waals surface area contributed by atoms with Crippen molar-refractivity contribution >= 4 is 0 Å². The van der Waals surface area contributed by atoms with Crippen LogP contribution in [0.4, 0.5) is 13.2 Å². The summed E-state index contributed by atoms with van der Waals surface area (Å²) in [5.41, 5.74) is 1.93. The van der Waals surface area contributed by atoms with E-state index in [1.54, 1.807) is 7.05 Å². The predicted octanol–water partition coefficient (Wildman–Crippen LogP) is 3.61. The van der Waals surface area contributed by atoms with Gasteiger partial charge in [-0.15, -0.1) is 0 Å². The van der Waals surface area contributed by atoms with Crippen LogP contribution in [0, 0.1) is 0 Å². The molecule has 2 nitrogen and oxygen atoms in total. The van der Waals surface area contributed by atoms with Gasteiger partial charge >= 0.3 is 6.18 Å². The van der Waals surface area contributed by atoms with Gasteiger partial charge in [0, 0.05) is 18.0 Å². The fourth-order valence-corrected chi connectivity index (χ4v) is 2.45. The predicted molar refractivity (Wildman–Crippen MR) is 67.3 cm³/mol. The van der Waals surface area contributed by atoms with Crippen molar-refractivity contribution < 1.29 is 17.9 Å². The van der Waals surface area contributed by atoms with Gasteiger partial charge in [0.1, 0.15) is 5.75 Å². The van der Waals surface area contributed by atoms with Crippen LogP contribution in [0.3, 0.4) is 0 Å². The van der Waals surface area contributed by atoms with E-state index < -0.39 is 12.6 Å². The zero-order valence-corrected chi connectivity index (χ0v) is 10.9. The molecule has 0 saturated carbocycles. The van der Waals surface area contributed by atoms with Gasteiger partial charge in [0.2, 0.25) is 0 Å². The number of benzene rings is 1. The normalized spacial score (nSPS) is 16.6. The first-order valence-corrected chi connectivity index (χ1v) is 6.50. The molecule has 0 fully saturated rings. The number of rotatable bonds is 4. The van der Waals surface area contributed by atoms with Crippen LogP contribution in [0.1, 0.15) is 36.4 Å². The number of nitrogens with one attached hydrogen (secondary N) is 1. The Morgan fingerprint density at radius 3 is 2.84 bits per heavy atom.